The molecule has 0 radical (unpaired) electrons. The number of anilines is 1. The van der Waals surface area contributed by atoms with E-state index in [1.54, 1.807) is 16.0 Å². The molecule has 0 fully saturated rings. The predicted molar refractivity (Wildman–Crippen MR) is 67.3 cm³/mol. The minimum absolute atomic E-state index is 0.566. The monoisotopic (exact) mass is 236 g/mol. The van der Waals surface area contributed by atoms with Crippen LogP contribution in [0.4, 0.5) is 5.69 Å². The molecule has 0 aliphatic rings. The molecule has 4 nitrogen and oxygen atoms in total. The van der Waals surface area contributed by atoms with Gasteiger partial charge >= 0.3 is 0 Å². The highest BCUT2D eigenvalue weighted by atomic mass is 32.1. The van der Waals surface area contributed by atoms with Gasteiger partial charge in [-0.15, -0.1) is 11.3 Å². The fourth-order valence-electron chi connectivity index (χ4n) is 1.59. The van der Waals surface area contributed by atoms with Crippen LogP contribution < -0.4 is 5.73 Å². The van der Waals surface area contributed by atoms with E-state index >= 15 is 0 Å². The third-order valence-corrected chi connectivity index (χ3v) is 3.22. The maximum atomic E-state index is 5.88. The van der Waals surface area contributed by atoms with E-state index in [1.165, 1.54) is 0 Å². The van der Waals surface area contributed by atoms with Gasteiger partial charge < -0.3 is 5.73 Å². The van der Waals surface area contributed by atoms with Crippen LogP contribution in [0.25, 0.3) is 10.7 Å². The van der Waals surface area contributed by atoms with Crippen LogP contribution in [0.2, 0.25) is 0 Å². The van der Waals surface area contributed by atoms with E-state index in [0.29, 0.717) is 5.92 Å². The van der Waals surface area contributed by atoms with Gasteiger partial charge in [0.2, 0.25) is 0 Å². The van der Waals surface area contributed by atoms with E-state index in [4.69, 9.17) is 5.73 Å². The molecular formula is C11H16N4S. The van der Waals surface area contributed by atoms with Crippen molar-refractivity contribution in [3.63, 3.8) is 0 Å². The summed E-state index contributed by atoms with van der Waals surface area (Å²) in [7, 11) is 1.91. The number of hydrogen-bond donors (Lipinski definition) is 1. The number of nitrogen functional groups attached to an aromatic ring is 1. The Morgan fingerprint density at radius 3 is 2.81 bits per heavy atom. The minimum Gasteiger partial charge on any atom is -0.397 e. The molecule has 0 aliphatic carbocycles. The summed E-state index contributed by atoms with van der Waals surface area (Å²) in [5.41, 5.74) is 6.66. The van der Waals surface area contributed by atoms with Crippen molar-refractivity contribution in [3.05, 3.63) is 17.3 Å². The highest BCUT2D eigenvalue weighted by Gasteiger charge is 2.13. The van der Waals surface area contributed by atoms with Gasteiger partial charge in [-0.25, -0.2) is 9.67 Å². The second-order valence-electron chi connectivity index (χ2n) is 4.28. The Kier molecular flexibility index (Phi) is 2.96. The number of nitrogens with two attached hydrogens (primary N) is 1. The number of thiophene rings is 1. The number of aryl methyl sites for hydroxylation is 1. The molecule has 16 heavy (non-hydrogen) atoms. The molecule has 2 aromatic heterocycles. The molecule has 0 saturated heterocycles. The van der Waals surface area contributed by atoms with Crippen molar-refractivity contribution in [3.8, 4) is 10.7 Å². The lowest BCUT2D eigenvalue weighted by Gasteiger charge is -1.97. The second-order valence-corrected chi connectivity index (χ2v) is 5.19. The van der Waals surface area contributed by atoms with E-state index < -0.39 is 0 Å². The van der Waals surface area contributed by atoms with Crippen LogP contribution in [-0.2, 0) is 13.5 Å². The molecule has 0 atom stereocenters. The van der Waals surface area contributed by atoms with Crippen molar-refractivity contribution >= 4 is 17.0 Å². The lowest BCUT2D eigenvalue weighted by Crippen LogP contribution is -1.97. The fraction of sp³-hybridized carbons (Fsp3) is 0.455. The number of hydrogen-bond acceptors (Lipinski definition) is 4. The minimum atomic E-state index is 0.566. The third-order valence-electron chi connectivity index (χ3n) is 2.30. The van der Waals surface area contributed by atoms with Crippen molar-refractivity contribution in [2.75, 3.05) is 5.73 Å². The molecule has 86 valence electrons. The van der Waals surface area contributed by atoms with Crippen LogP contribution in [0.3, 0.4) is 0 Å². The van der Waals surface area contributed by atoms with Crippen molar-refractivity contribution in [2.45, 2.75) is 20.3 Å². The SMILES string of the molecule is CC(C)Cc1nc(-c2sccc2N)n(C)n1. The van der Waals surface area contributed by atoms with Crippen molar-refractivity contribution < 1.29 is 0 Å². The Bertz CT molecular complexity index is 484. The van der Waals surface area contributed by atoms with Gasteiger partial charge in [0.05, 0.1) is 10.6 Å². The Morgan fingerprint density at radius 1 is 1.50 bits per heavy atom. The molecule has 0 bridgehead atoms. The van der Waals surface area contributed by atoms with Crippen molar-refractivity contribution in [2.24, 2.45) is 13.0 Å². The topological polar surface area (TPSA) is 56.7 Å². The largest absolute Gasteiger partial charge is 0.397 e. The number of nitrogens with zero attached hydrogens (tertiary/aromatic N) is 3. The second kappa shape index (κ2) is 4.25. The first kappa shape index (κ1) is 11.1. The van der Waals surface area contributed by atoms with E-state index in [-0.39, 0.29) is 0 Å². The summed E-state index contributed by atoms with van der Waals surface area (Å²) in [6, 6.07) is 1.90. The molecule has 0 unspecified atom stereocenters. The van der Waals surface area contributed by atoms with Crippen LogP contribution in [-0.4, -0.2) is 14.8 Å². The highest BCUT2D eigenvalue weighted by Crippen LogP contribution is 2.29. The Morgan fingerprint density at radius 2 is 2.25 bits per heavy atom. The van der Waals surface area contributed by atoms with Gasteiger partial charge in [0.15, 0.2) is 11.6 Å². The summed E-state index contributed by atoms with van der Waals surface area (Å²) >= 11 is 1.60. The first-order chi connectivity index (χ1) is 7.58. The van der Waals surface area contributed by atoms with Gasteiger partial charge in [-0.05, 0) is 17.4 Å². The van der Waals surface area contributed by atoms with Gasteiger partial charge in [0.1, 0.15) is 0 Å². The van der Waals surface area contributed by atoms with Gasteiger partial charge in [0.25, 0.3) is 0 Å². The average Bonchev–Trinajstić information content (AvgIpc) is 2.71. The Hall–Kier alpha value is -1.36. The maximum absolute atomic E-state index is 5.88. The van der Waals surface area contributed by atoms with Crippen LogP contribution >= 0.6 is 11.3 Å². The summed E-state index contributed by atoms with van der Waals surface area (Å²) in [6.45, 7) is 4.32. The molecule has 0 amide bonds. The van der Waals surface area contributed by atoms with E-state index in [9.17, 15) is 0 Å². The predicted octanol–water partition coefficient (Wildman–Crippen LogP) is 2.32. The molecule has 0 spiro atoms. The molecule has 2 N–H and O–H groups in total. The maximum Gasteiger partial charge on any atom is 0.170 e. The van der Waals surface area contributed by atoms with E-state index in [1.807, 2.05) is 18.5 Å². The summed E-state index contributed by atoms with van der Waals surface area (Å²) < 4.78 is 1.81. The molecule has 0 saturated carbocycles. The van der Waals surface area contributed by atoms with Crippen molar-refractivity contribution in [1.29, 1.82) is 0 Å². The standard InChI is InChI=1S/C11H16N4S/c1-7(2)6-9-13-11(15(3)14-9)10-8(12)4-5-16-10/h4-5,7H,6,12H2,1-3H3. The lowest BCUT2D eigenvalue weighted by molar-refractivity contribution is 0.613. The summed E-state index contributed by atoms with van der Waals surface area (Å²) in [5, 5.41) is 6.38. The van der Waals surface area contributed by atoms with E-state index in [0.717, 1.165) is 28.6 Å². The number of aromatic nitrogens is 3. The lowest BCUT2D eigenvalue weighted by atomic mass is 10.1. The first-order valence-corrected chi connectivity index (χ1v) is 6.19. The number of rotatable bonds is 3. The zero-order chi connectivity index (χ0) is 11.7. The molecule has 0 aliphatic heterocycles. The molecule has 2 heterocycles. The van der Waals surface area contributed by atoms with Crippen molar-refractivity contribution in [1.82, 2.24) is 14.8 Å². The zero-order valence-corrected chi connectivity index (χ0v) is 10.6. The fourth-order valence-corrected chi connectivity index (χ4v) is 2.43. The van der Waals surface area contributed by atoms with Gasteiger partial charge in [-0.3, -0.25) is 0 Å². The Labute approximate surface area is 99.1 Å². The van der Waals surface area contributed by atoms with Gasteiger partial charge in [-0.2, -0.15) is 5.10 Å². The zero-order valence-electron chi connectivity index (χ0n) is 9.77. The molecule has 2 rings (SSSR count). The average molecular weight is 236 g/mol. The molecular weight excluding hydrogens is 220 g/mol. The van der Waals surface area contributed by atoms with Crippen LogP contribution in [0.1, 0.15) is 19.7 Å². The quantitative estimate of drug-likeness (QED) is 0.889. The molecule has 2 aromatic rings. The van der Waals surface area contributed by atoms with Crippen LogP contribution in [0.5, 0.6) is 0 Å². The van der Waals surface area contributed by atoms with E-state index in [2.05, 4.69) is 23.9 Å². The summed E-state index contributed by atoms with van der Waals surface area (Å²) in [5.74, 6) is 2.32. The third kappa shape index (κ3) is 2.09. The normalized spacial score (nSPS) is 11.2. The Balaban J connectivity index is 2.36. The van der Waals surface area contributed by atoms with Crippen LogP contribution in [0, 0.1) is 5.92 Å². The smallest absolute Gasteiger partial charge is 0.170 e. The van der Waals surface area contributed by atoms with Crippen LogP contribution in [0.15, 0.2) is 11.4 Å². The highest BCUT2D eigenvalue weighted by molar-refractivity contribution is 7.14. The van der Waals surface area contributed by atoms with Gasteiger partial charge in [-0.1, -0.05) is 13.8 Å². The summed E-state index contributed by atoms with van der Waals surface area (Å²) in [6.07, 6.45) is 0.902. The molecule has 0 aromatic carbocycles. The summed E-state index contributed by atoms with van der Waals surface area (Å²) in [4.78, 5) is 5.54. The van der Waals surface area contributed by atoms with Gasteiger partial charge in [0, 0.05) is 13.5 Å². The first-order valence-electron chi connectivity index (χ1n) is 5.31. The molecule has 5 heteroatoms.